The minimum absolute atomic E-state index is 0.0491. The molecule has 5 heteroatoms. The molecule has 0 saturated carbocycles. The van der Waals surface area contributed by atoms with Gasteiger partial charge in [-0.2, -0.15) is 0 Å². The summed E-state index contributed by atoms with van der Waals surface area (Å²) < 4.78 is 23.5. The van der Waals surface area contributed by atoms with Crippen molar-refractivity contribution in [3.8, 4) is 5.75 Å². The molecule has 1 unspecified atom stereocenters. The minimum atomic E-state index is -0.268. The van der Waals surface area contributed by atoms with Gasteiger partial charge in [0.05, 0.1) is 12.9 Å². The molecule has 1 amide bonds. The SMILES string of the molecule is O=C(c1ccco1)N1CCC(CCOc2ccc(F)cc2)C1. The Balaban J connectivity index is 1.43. The summed E-state index contributed by atoms with van der Waals surface area (Å²) in [5, 5.41) is 0. The van der Waals surface area contributed by atoms with E-state index in [9.17, 15) is 9.18 Å². The van der Waals surface area contributed by atoms with E-state index in [0.717, 1.165) is 25.9 Å². The standard InChI is InChI=1S/C17H18FNO3/c18-14-3-5-15(6-4-14)21-11-8-13-7-9-19(12-13)17(20)16-2-1-10-22-16/h1-6,10,13H,7-9,11-12H2. The summed E-state index contributed by atoms with van der Waals surface area (Å²) in [7, 11) is 0. The first-order valence-electron chi connectivity index (χ1n) is 7.43. The number of carbonyl (C=O) groups is 1. The fourth-order valence-electron chi connectivity index (χ4n) is 2.68. The van der Waals surface area contributed by atoms with E-state index in [0.29, 0.717) is 24.0 Å². The van der Waals surface area contributed by atoms with Crippen molar-refractivity contribution >= 4 is 5.91 Å². The van der Waals surface area contributed by atoms with Crippen molar-refractivity contribution in [1.29, 1.82) is 0 Å². The number of amides is 1. The molecular weight excluding hydrogens is 285 g/mol. The molecule has 1 aromatic heterocycles. The van der Waals surface area contributed by atoms with Crippen LogP contribution >= 0.6 is 0 Å². The van der Waals surface area contributed by atoms with Crippen LogP contribution in [0.4, 0.5) is 4.39 Å². The number of carbonyl (C=O) groups excluding carboxylic acids is 1. The maximum Gasteiger partial charge on any atom is 0.289 e. The zero-order valence-corrected chi connectivity index (χ0v) is 12.2. The highest BCUT2D eigenvalue weighted by Gasteiger charge is 2.27. The first-order valence-corrected chi connectivity index (χ1v) is 7.43. The molecule has 4 nitrogen and oxygen atoms in total. The topological polar surface area (TPSA) is 42.7 Å². The number of hydrogen-bond acceptors (Lipinski definition) is 3. The Bertz CT molecular complexity index is 609. The van der Waals surface area contributed by atoms with Gasteiger partial charge in [0.2, 0.25) is 0 Å². The molecule has 2 heterocycles. The van der Waals surface area contributed by atoms with Gasteiger partial charge in [0.25, 0.3) is 5.91 Å². The predicted molar refractivity (Wildman–Crippen MR) is 79.2 cm³/mol. The summed E-state index contributed by atoms with van der Waals surface area (Å²) >= 11 is 0. The van der Waals surface area contributed by atoms with E-state index < -0.39 is 0 Å². The van der Waals surface area contributed by atoms with Crippen molar-refractivity contribution in [3.05, 3.63) is 54.2 Å². The van der Waals surface area contributed by atoms with Crippen LogP contribution in [0, 0.1) is 11.7 Å². The summed E-state index contributed by atoms with van der Waals surface area (Å²) in [4.78, 5) is 14.0. The second-order valence-electron chi connectivity index (χ2n) is 5.47. The van der Waals surface area contributed by atoms with Crippen molar-refractivity contribution in [1.82, 2.24) is 4.90 Å². The molecule has 0 N–H and O–H groups in total. The minimum Gasteiger partial charge on any atom is -0.494 e. The normalized spacial score (nSPS) is 17.7. The molecule has 3 rings (SSSR count). The Kier molecular flexibility index (Phi) is 4.42. The molecule has 0 spiro atoms. The van der Waals surface area contributed by atoms with Crippen molar-refractivity contribution in [3.63, 3.8) is 0 Å². The van der Waals surface area contributed by atoms with Crippen LogP contribution in [0.15, 0.2) is 47.1 Å². The Morgan fingerprint density at radius 3 is 2.86 bits per heavy atom. The molecule has 1 aliphatic rings. The van der Waals surface area contributed by atoms with Crippen LogP contribution in [-0.4, -0.2) is 30.5 Å². The summed E-state index contributed by atoms with van der Waals surface area (Å²) in [5.74, 6) is 1.17. The number of hydrogen-bond donors (Lipinski definition) is 0. The van der Waals surface area contributed by atoms with Crippen LogP contribution in [-0.2, 0) is 0 Å². The molecule has 0 radical (unpaired) electrons. The Morgan fingerprint density at radius 2 is 2.14 bits per heavy atom. The molecule has 1 atom stereocenters. The molecule has 22 heavy (non-hydrogen) atoms. The number of likely N-dealkylation sites (tertiary alicyclic amines) is 1. The van der Waals surface area contributed by atoms with E-state index in [-0.39, 0.29) is 11.7 Å². The molecule has 2 aromatic rings. The van der Waals surface area contributed by atoms with E-state index in [1.165, 1.54) is 18.4 Å². The smallest absolute Gasteiger partial charge is 0.289 e. The van der Waals surface area contributed by atoms with Gasteiger partial charge >= 0.3 is 0 Å². The molecule has 0 bridgehead atoms. The quantitative estimate of drug-likeness (QED) is 0.850. The third-order valence-corrected chi connectivity index (χ3v) is 3.91. The summed E-state index contributed by atoms with van der Waals surface area (Å²) in [6.45, 7) is 2.05. The Morgan fingerprint density at radius 1 is 1.32 bits per heavy atom. The van der Waals surface area contributed by atoms with Gasteiger partial charge in [0.15, 0.2) is 5.76 Å². The van der Waals surface area contributed by atoms with Crippen molar-refractivity contribution in [2.24, 2.45) is 5.92 Å². The Labute approximate surface area is 128 Å². The molecule has 1 aliphatic heterocycles. The van der Waals surface area contributed by atoms with Gasteiger partial charge in [-0.15, -0.1) is 0 Å². The number of furan rings is 1. The molecular formula is C17H18FNO3. The lowest BCUT2D eigenvalue weighted by atomic mass is 10.1. The monoisotopic (exact) mass is 303 g/mol. The lowest BCUT2D eigenvalue weighted by Crippen LogP contribution is -2.28. The molecule has 1 saturated heterocycles. The van der Waals surface area contributed by atoms with Crippen molar-refractivity contribution in [2.45, 2.75) is 12.8 Å². The van der Waals surface area contributed by atoms with Gasteiger partial charge < -0.3 is 14.1 Å². The first kappa shape index (κ1) is 14.6. The van der Waals surface area contributed by atoms with Gasteiger partial charge in [-0.25, -0.2) is 4.39 Å². The predicted octanol–water partition coefficient (Wildman–Crippen LogP) is 3.35. The maximum absolute atomic E-state index is 12.8. The number of ether oxygens (including phenoxy) is 1. The van der Waals surface area contributed by atoms with Crippen LogP contribution in [0.1, 0.15) is 23.4 Å². The van der Waals surface area contributed by atoms with E-state index in [2.05, 4.69) is 0 Å². The zero-order chi connectivity index (χ0) is 15.4. The van der Waals surface area contributed by atoms with E-state index >= 15 is 0 Å². The van der Waals surface area contributed by atoms with E-state index in [1.54, 1.807) is 24.3 Å². The fraction of sp³-hybridized carbons (Fsp3) is 0.353. The van der Waals surface area contributed by atoms with Crippen LogP contribution in [0.25, 0.3) is 0 Å². The van der Waals surface area contributed by atoms with Crippen LogP contribution < -0.4 is 4.74 Å². The molecule has 1 aromatic carbocycles. The van der Waals surface area contributed by atoms with Gasteiger partial charge in [0, 0.05) is 13.1 Å². The highest BCUT2D eigenvalue weighted by Crippen LogP contribution is 2.22. The third kappa shape index (κ3) is 3.47. The molecule has 0 aliphatic carbocycles. The average molecular weight is 303 g/mol. The van der Waals surface area contributed by atoms with Gasteiger partial charge in [-0.1, -0.05) is 0 Å². The highest BCUT2D eigenvalue weighted by molar-refractivity contribution is 5.91. The summed E-state index contributed by atoms with van der Waals surface area (Å²) in [5.41, 5.74) is 0. The first-order chi connectivity index (χ1) is 10.7. The van der Waals surface area contributed by atoms with Gasteiger partial charge in [-0.3, -0.25) is 4.79 Å². The molecule has 1 fully saturated rings. The lowest BCUT2D eigenvalue weighted by molar-refractivity contribution is 0.0753. The zero-order valence-electron chi connectivity index (χ0n) is 12.2. The molecule has 116 valence electrons. The van der Waals surface area contributed by atoms with Crippen molar-refractivity contribution in [2.75, 3.05) is 19.7 Å². The van der Waals surface area contributed by atoms with Crippen LogP contribution in [0.3, 0.4) is 0 Å². The number of rotatable bonds is 5. The maximum atomic E-state index is 12.8. The van der Waals surface area contributed by atoms with E-state index in [4.69, 9.17) is 9.15 Å². The number of benzene rings is 1. The lowest BCUT2D eigenvalue weighted by Gasteiger charge is -2.15. The second-order valence-corrected chi connectivity index (χ2v) is 5.47. The highest BCUT2D eigenvalue weighted by atomic mass is 19.1. The summed E-state index contributed by atoms with van der Waals surface area (Å²) in [6, 6.07) is 9.42. The number of nitrogens with zero attached hydrogens (tertiary/aromatic N) is 1. The Hall–Kier alpha value is -2.30. The van der Waals surface area contributed by atoms with Crippen LogP contribution in [0.2, 0.25) is 0 Å². The van der Waals surface area contributed by atoms with Gasteiger partial charge in [0.1, 0.15) is 11.6 Å². The largest absolute Gasteiger partial charge is 0.494 e. The van der Waals surface area contributed by atoms with E-state index in [1.807, 2.05) is 4.90 Å². The average Bonchev–Trinajstić information content (AvgIpc) is 3.20. The van der Waals surface area contributed by atoms with Crippen LogP contribution in [0.5, 0.6) is 5.75 Å². The summed E-state index contributed by atoms with van der Waals surface area (Å²) in [6.07, 6.45) is 3.36. The third-order valence-electron chi connectivity index (χ3n) is 3.91. The van der Waals surface area contributed by atoms with Gasteiger partial charge in [-0.05, 0) is 55.2 Å². The second kappa shape index (κ2) is 6.64. The fourth-order valence-corrected chi connectivity index (χ4v) is 2.68. The number of halogens is 1. The van der Waals surface area contributed by atoms with Crippen molar-refractivity contribution < 1.29 is 18.3 Å².